The van der Waals surface area contributed by atoms with Crippen molar-refractivity contribution in [3.05, 3.63) is 47.5 Å². The van der Waals surface area contributed by atoms with E-state index in [0.29, 0.717) is 30.9 Å². The molecule has 2 aromatic carbocycles. The molecular formula is C33H52N2O17. The number of ether oxygens (including phenoxy) is 2. The van der Waals surface area contributed by atoms with E-state index >= 15 is 0 Å². The maximum atomic E-state index is 11.9. The van der Waals surface area contributed by atoms with E-state index in [1.54, 1.807) is 38.1 Å². The van der Waals surface area contributed by atoms with Crippen LogP contribution in [0, 0.1) is 0 Å². The number of rotatable bonds is 19. The zero-order valence-corrected chi connectivity index (χ0v) is 28.7. The average molecular weight is 749 g/mol. The molecule has 0 fully saturated rings. The number of carbonyl (C=O) groups is 1. The fourth-order valence-electron chi connectivity index (χ4n) is 4.83. The summed E-state index contributed by atoms with van der Waals surface area (Å²) in [6, 6.07) is 9.71. The highest BCUT2D eigenvalue weighted by molar-refractivity contribution is 5.81. The molecule has 3 rings (SSSR count). The molecule has 2 aromatic rings. The summed E-state index contributed by atoms with van der Waals surface area (Å²) in [7, 11) is 0. The Kier molecular flexibility index (Phi) is 17.8. The molecule has 0 aliphatic carbocycles. The third-order valence-corrected chi connectivity index (χ3v) is 7.96. The fraction of sp³-hybridized carbons (Fsp3) is 0.606. The minimum Gasteiger partial charge on any atom is -0.504 e. The Hall–Kier alpha value is -3.41. The van der Waals surface area contributed by atoms with Gasteiger partial charge in [-0.3, -0.25) is 4.79 Å². The third kappa shape index (κ3) is 13.2. The number of carbonyl (C=O) groups excluding carboxylic acids is 1. The minimum atomic E-state index is -2.05. The number of fused-ring (bicyclic) bond motifs is 1. The number of aliphatic hydroxyl groups excluding tert-OH is 12. The summed E-state index contributed by atoms with van der Waals surface area (Å²) < 4.78 is 11.2. The lowest BCUT2D eigenvalue weighted by Crippen LogP contribution is -2.54. The number of hydrogen-bond acceptors (Lipinski definition) is 18. The quantitative estimate of drug-likeness (QED) is 0.0471. The summed E-state index contributed by atoms with van der Waals surface area (Å²) in [6.45, 7) is 2.33. The van der Waals surface area contributed by atoms with Gasteiger partial charge in [0.1, 0.15) is 48.8 Å². The Balaban J connectivity index is 0.000000365. The molecule has 16 N–H and O–H groups in total. The van der Waals surface area contributed by atoms with Gasteiger partial charge >= 0.3 is 0 Å². The normalized spacial score (nSPS) is 19.1. The fourth-order valence-corrected chi connectivity index (χ4v) is 4.83. The van der Waals surface area contributed by atoms with Gasteiger partial charge in [0.2, 0.25) is 5.79 Å². The van der Waals surface area contributed by atoms with Gasteiger partial charge in [-0.15, -0.1) is 0 Å². The molecule has 10 atom stereocenters. The molecule has 19 heteroatoms. The Morgan fingerprint density at radius 1 is 0.635 bits per heavy atom. The Bertz CT molecular complexity index is 1380. The molecule has 1 heterocycles. The van der Waals surface area contributed by atoms with Crippen LogP contribution in [0.15, 0.2) is 36.4 Å². The van der Waals surface area contributed by atoms with E-state index in [1.165, 1.54) is 12.1 Å². The first kappa shape index (κ1) is 44.7. The number of hydrogen-bond donors (Lipinski definition) is 16. The lowest BCUT2D eigenvalue weighted by atomic mass is 9.99. The molecule has 296 valence electrons. The number of amides is 1. The minimum absolute atomic E-state index is 0.0930. The lowest BCUT2D eigenvalue weighted by Gasteiger charge is -2.28. The molecule has 0 saturated carbocycles. The van der Waals surface area contributed by atoms with Gasteiger partial charge in [0, 0.05) is 26.9 Å². The van der Waals surface area contributed by atoms with Gasteiger partial charge in [0.25, 0.3) is 5.91 Å². The van der Waals surface area contributed by atoms with E-state index in [0.717, 1.165) is 11.1 Å². The van der Waals surface area contributed by atoms with Crippen molar-refractivity contribution in [3.8, 4) is 23.0 Å². The molecule has 1 amide bonds. The van der Waals surface area contributed by atoms with Crippen LogP contribution >= 0.6 is 0 Å². The van der Waals surface area contributed by atoms with Gasteiger partial charge in [0.05, 0.1) is 19.3 Å². The standard InChI is InChI=1S/C18H27NO9.C15H25NO8/c1-18(2)27-11-4-3-9(7-12(11)28-18)5-6-19-17(26)16(25)15(24)14(23)13(22)10(21)8-20;17-7-12(21)14(23)15(24)13(22)11(20)6-16-4-3-8-1-2-9(18)10(19)5-8/h3-4,7,10,13-16,20-25H,5-6,8H2,1-2H3,(H,19,26);1-2,5,11-24H,3-4,6-7H2. The molecular weight excluding hydrogens is 696 g/mol. The first-order valence-corrected chi connectivity index (χ1v) is 16.4. The predicted octanol–water partition coefficient (Wildman–Crippen LogP) is -5.32. The summed E-state index contributed by atoms with van der Waals surface area (Å²) in [6.07, 6.45) is -17.3. The SMILES string of the molecule is CC1(C)Oc2ccc(CCNC(=O)C(O)C(O)C(O)C(O)C(O)CO)cc2O1.OCC(O)C(O)C(O)C(O)C(O)CNCCc1ccc(O)c(O)c1. The van der Waals surface area contributed by atoms with Crippen LogP contribution in [0.4, 0.5) is 0 Å². The van der Waals surface area contributed by atoms with Gasteiger partial charge in [-0.1, -0.05) is 12.1 Å². The number of phenols is 2. The van der Waals surface area contributed by atoms with Crippen molar-refractivity contribution >= 4 is 5.91 Å². The van der Waals surface area contributed by atoms with Crippen LogP contribution in [0.3, 0.4) is 0 Å². The summed E-state index contributed by atoms with van der Waals surface area (Å²) in [4.78, 5) is 11.9. The molecule has 0 radical (unpaired) electrons. The number of phenolic OH excluding ortho intramolecular Hbond substituents is 2. The zero-order chi connectivity index (χ0) is 39.3. The van der Waals surface area contributed by atoms with E-state index < -0.39 is 85.9 Å². The molecule has 0 saturated heterocycles. The molecule has 0 aromatic heterocycles. The first-order valence-electron chi connectivity index (χ1n) is 16.4. The van der Waals surface area contributed by atoms with Crippen molar-refractivity contribution in [1.29, 1.82) is 0 Å². The number of aromatic hydroxyl groups is 2. The van der Waals surface area contributed by atoms with Crippen LogP contribution < -0.4 is 20.1 Å². The second kappa shape index (κ2) is 20.7. The highest BCUT2D eigenvalue weighted by Gasteiger charge is 2.37. The van der Waals surface area contributed by atoms with Crippen LogP contribution in [0.1, 0.15) is 25.0 Å². The van der Waals surface area contributed by atoms with Crippen LogP contribution in [0.5, 0.6) is 23.0 Å². The highest BCUT2D eigenvalue weighted by Crippen LogP contribution is 2.39. The molecule has 0 bridgehead atoms. The number of benzene rings is 2. The molecule has 1 aliphatic rings. The summed E-state index contributed by atoms with van der Waals surface area (Å²) >= 11 is 0. The molecule has 0 spiro atoms. The Morgan fingerprint density at radius 2 is 1.13 bits per heavy atom. The van der Waals surface area contributed by atoms with Gasteiger partial charge in [-0.2, -0.15) is 0 Å². The molecule has 52 heavy (non-hydrogen) atoms. The predicted molar refractivity (Wildman–Crippen MR) is 179 cm³/mol. The third-order valence-electron chi connectivity index (χ3n) is 7.96. The number of aliphatic hydroxyl groups is 12. The second-order valence-corrected chi connectivity index (χ2v) is 12.7. The van der Waals surface area contributed by atoms with Crippen LogP contribution in [-0.2, 0) is 17.6 Å². The zero-order valence-electron chi connectivity index (χ0n) is 28.7. The van der Waals surface area contributed by atoms with Gasteiger partial charge in [-0.25, -0.2) is 0 Å². The maximum absolute atomic E-state index is 11.9. The van der Waals surface area contributed by atoms with E-state index in [-0.39, 0.29) is 24.6 Å². The number of nitrogens with one attached hydrogen (secondary N) is 2. The summed E-state index contributed by atoms with van der Waals surface area (Å²) in [5, 5.41) is 137. The summed E-state index contributed by atoms with van der Waals surface area (Å²) in [5.41, 5.74) is 1.59. The molecule has 1 aliphatic heterocycles. The van der Waals surface area contributed by atoms with Gasteiger partial charge in [-0.05, 0) is 54.8 Å². The van der Waals surface area contributed by atoms with Crippen molar-refractivity contribution < 1.29 is 85.8 Å². The Morgan fingerprint density at radius 3 is 1.71 bits per heavy atom. The van der Waals surface area contributed by atoms with E-state index in [4.69, 9.17) is 19.7 Å². The van der Waals surface area contributed by atoms with Crippen molar-refractivity contribution in [3.63, 3.8) is 0 Å². The topological polar surface area (TPSA) is 343 Å². The lowest BCUT2D eigenvalue weighted by molar-refractivity contribution is -0.156. The van der Waals surface area contributed by atoms with Crippen LogP contribution in [0.25, 0.3) is 0 Å². The van der Waals surface area contributed by atoms with E-state index in [2.05, 4.69) is 10.6 Å². The Labute approximate surface area is 299 Å². The molecule has 10 unspecified atom stereocenters. The second-order valence-electron chi connectivity index (χ2n) is 12.7. The smallest absolute Gasteiger partial charge is 0.251 e. The maximum Gasteiger partial charge on any atom is 0.251 e. The van der Waals surface area contributed by atoms with Gasteiger partial charge < -0.3 is 91.6 Å². The monoisotopic (exact) mass is 748 g/mol. The van der Waals surface area contributed by atoms with E-state index in [1.807, 2.05) is 0 Å². The van der Waals surface area contributed by atoms with Crippen molar-refractivity contribution in [1.82, 2.24) is 10.6 Å². The highest BCUT2D eigenvalue weighted by atomic mass is 16.7. The largest absolute Gasteiger partial charge is 0.504 e. The van der Waals surface area contributed by atoms with Crippen molar-refractivity contribution in [2.24, 2.45) is 0 Å². The van der Waals surface area contributed by atoms with Gasteiger partial charge in [0.15, 0.2) is 29.1 Å². The summed E-state index contributed by atoms with van der Waals surface area (Å²) in [5.74, 6) is -0.952. The average Bonchev–Trinajstić information content (AvgIpc) is 3.44. The van der Waals surface area contributed by atoms with Crippen molar-refractivity contribution in [2.75, 3.05) is 32.8 Å². The van der Waals surface area contributed by atoms with Crippen LogP contribution in [0.2, 0.25) is 0 Å². The molecule has 19 nitrogen and oxygen atoms in total. The van der Waals surface area contributed by atoms with Crippen molar-refractivity contribution in [2.45, 2.75) is 93.5 Å². The first-order chi connectivity index (χ1) is 24.3. The van der Waals surface area contributed by atoms with Crippen LogP contribution in [-0.4, -0.2) is 177 Å². The van der Waals surface area contributed by atoms with E-state index in [9.17, 15) is 66.1 Å².